The van der Waals surface area contributed by atoms with Crippen LogP contribution in [-0.2, 0) is 14.3 Å². The van der Waals surface area contributed by atoms with Gasteiger partial charge in [-0.1, -0.05) is 156 Å². The summed E-state index contributed by atoms with van der Waals surface area (Å²) in [6.07, 6.45) is 44.7. The third-order valence-corrected chi connectivity index (χ3v) is 9.40. The van der Waals surface area contributed by atoms with Gasteiger partial charge < -0.3 is 40.3 Å². The molecule has 1 rings (SSSR count). The molecule has 0 bridgehead atoms. The monoisotopic (exact) mass is 784 g/mol. The smallest absolute Gasteiger partial charge is 0.224 e. The van der Waals surface area contributed by atoms with Crippen LogP contribution in [0.2, 0.25) is 0 Å². The maximum absolute atomic E-state index is 12.9. The van der Waals surface area contributed by atoms with Gasteiger partial charge in [0.05, 0.1) is 25.4 Å². The van der Waals surface area contributed by atoms with E-state index < -0.39 is 49.5 Å². The lowest BCUT2D eigenvalue weighted by atomic mass is 9.99. The number of carbonyl (C=O) groups is 1. The van der Waals surface area contributed by atoms with Crippen LogP contribution in [-0.4, -0.2) is 87.5 Å². The number of amides is 1. The van der Waals surface area contributed by atoms with Crippen molar-refractivity contribution in [2.24, 2.45) is 0 Å². The molecule has 1 amide bonds. The zero-order valence-corrected chi connectivity index (χ0v) is 34.6. The van der Waals surface area contributed by atoms with Gasteiger partial charge in [-0.3, -0.25) is 4.79 Å². The fraction of sp³-hybridized carbons (Fsp3) is 0.638. The van der Waals surface area contributed by atoms with E-state index in [0.29, 0.717) is 12.8 Å². The van der Waals surface area contributed by atoms with E-state index in [4.69, 9.17) is 9.47 Å². The summed E-state index contributed by atoms with van der Waals surface area (Å²) >= 11 is 0. The van der Waals surface area contributed by atoms with E-state index in [2.05, 4.69) is 86.0 Å². The molecular formula is C47H77NO8. The number of ether oxygens (including phenoxy) is 2. The molecular weight excluding hydrogens is 707 g/mol. The van der Waals surface area contributed by atoms with Crippen LogP contribution in [0.1, 0.15) is 136 Å². The molecule has 0 aromatic heterocycles. The first-order chi connectivity index (χ1) is 27.3. The van der Waals surface area contributed by atoms with Crippen LogP contribution < -0.4 is 5.32 Å². The first-order valence-corrected chi connectivity index (χ1v) is 21.5. The summed E-state index contributed by atoms with van der Waals surface area (Å²) in [7, 11) is 0. The summed E-state index contributed by atoms with van der Waals surface area (Å²) in [5, 5.41) is 53.9. The van der Waals surface area contributed by atoms with Gasteiger partial charge in [-0.05, 0) is 70.6 Å². The third kappa shape index (κ3) is 26.9. The van der Waals surface area contributed by atoms with E-state index in [0.717, 1.165) is 51.4 Å². The fourth-order valence-corrected chi connectivity index (χ4v) is 5.96. The van der Waals surface area contributed by atoms with Gasteiger partial charge in [-0.2, -0.15) is 0 Å². The molecule has 318 valence electrons. The van der Waals surface area contributed by atoms with Gasteiger partial charge >= 0.3 is 0 Å². The molecule has 56 heavy (non-hydrogen) atoms. The van der Waals surface area contributed by atoms with Crippen LogP contribution in [0.15, 0.2) is 97.2 Å². The second-order valence-corrected chi connectivity index (χ2v) is 14.4. The van der Waals surface area contributed by atoms with Gasteiger partial charge in [-0.25, -0.2) is 0 Å². The maximum Gasteiger partial charge on any atom is 0.224 e. The minimum Gasteiger partial charge on any atom is -0.394 e. The quantitative estimate of drug-likeness (QED) is 0.0287. The van der Waals surface area contributed by atoms with E-state index >= 15 is 0 Å². The summed E-state index contributed by atoms with van der Waals surface area (Å²) < 4.78 is 11.1. The second kappa shape index (κ2) is 36.5. The van der Waals surface area contributed by atoms with Crippen molar-refractivity contribution in [3.05, 3.63) is 97.2 Å². The van der Waals surface area contributed by atoms with Gasteiger partial charge in [0.1, 0.15) is 24.4 Å². The second-order valence-electron chi connectivity index (χ2n) is 14.4. The number of carbonyl (C=O) groups excluding carboxylic acids is 1. The lowest BCUT2D eigenvalue weighted by Crippen LogP contribution is -2.60. The Morgan fingerprint density at radius 3 is 1.68 bits per heavy atom. The van der Waals surface area contributed by atoms with Crippen molar-refractivity contribution in [1.82, 2.24) is 5.32 Å². The van der Waals surface area contributed by atoms with Crippen molar-refractivity contribution in [3.63, 3.8) is 0 Å². The molecule has 1 saturated heterocycles. The van der Waals surface area contributed by atoms with E-state index in [1.165, 1.54) is 51.4 Å². The molecule has 0 aromatic rings. The van der Waals surface area contributed by atoms with Crippen LogP contribution in [0, 0.1) is 0 Å². The Morgan fingerprint density at radius 1 is 0.625 bits per heavy atom. The molecule has 6 N–H and O–H groups in total. The van der Waals surface area contributed by atoms with Gasteiger partial charge in [0, 0.05) is 6.42 Å². The van der Waals surface area contributed by atoms with E-state index in [1.54, 1.807) is 12.2 Å². The fourth-order valence-electron chi connectivity index (χ4n) is 5.96. The molecule has 0 radical (unpaired) electrons. The zero-order chi connectivity index (χ0) is 40.9. The number of aliphatic hydroxyl groups is 5. The third-order valence-electron chi connectivity index (χ3n) is 9.40. The summed E-state index contributed by atoms with van der Waals surface area (Å²) in [5.74, 6) is -0.323. The molecule has 1 aliphatic heterocycles. The average Bonchev–Trinajstić information content (AvgIpc) is 3.20. The van der Waals surface area contributed by atoms with Crippen LogP contribution >= 0.6 is 0 Å². The lowest BCUT2D eigenvalue weighted by Gasteiger charge is -2.40. The number of unbranched alkanes of at least 4 members (excludes halogenated alkanes) is 10. The summed E-state index contributed by atoms with van der Waals surface area (Å²) in [4.78, 5) is 12.9. The van der Waals surface area contributed by atoms with Gasteiger partial charge in [-0.15, -0.1) is 0 Å². The normalized spacial score (nSPS) is 22.2. The Hall–Kier alpha value is -2.89. The number of allylic oxidation sites excluding steroid dienone is 14. The summed E-state index contributed by atoms with van der Waals surface area (Å²) in [6, 6.07) is -0.887. The SMILES string of the molecule is CC/C=C\C/C=C\C/C=C\C/C=C\C/C=C\CC(=O)NC(COC1OC(CO)C(O)C(O)C1O)C(O)/C=C/CC/C=C/CC/C=C/CCCCCCCCCC. The largest absolute Gasteiger partial charge is 0.394 e. The molecule has 0 aliphatic carbocycles. The highest BCUT2D eigenvalue weighted by Crippen LogP contribution is 2.22. The Balaban J connectivity index is 2.52. The predicted octanol–water partition coefficient (Wildman–Crippen LogP) is 8.55. The Labute approximate surface area is 339 Å². The number of rotatable bonds is 33. The van der Waals surface area contributed by atoms with Crippen molar-refractivity contribution < 1.29 is 39.8 Å². The molecule has 9 nitrogen and oxygen atoms in total. The first kappa shape index (κ1) is 51.1. The summed E-state index contributed by atoms with van der Waals surface area (Å²) in [5.41, 5.74) is 0. The minimum absolute atomic E-state index is 0.0969. The topological polar surface area (TPSA) is 149 Å². The highest BCUT2D eigenvalue weighted by atomic mass is 16.7. The van der Waals surface area contributed by atoms with Gasteiger partial charge in [0.25, 0.3) is 0 Å². The van der Waals surface area contributed by atoms with Crippen molar-refractivity contribution in [3.8, 4) is 0 Å². The van der Waals surface area contributed by atoms with E-state index in [1.807, 2.05) is 18.2 Å². The molecule has 0 aromatic carbocycles. The number of hydrogen-bond acceptors (Lipinski definition) is 8. The minimum atomic E-state index is -1.59. The van der Waals surface area contributed by atoms with Crippen LogP contribution in [0.25, 0.3) is 0 Å². The zero-order valence-electron chi connectivity index (χ0n) is 34.6. The van der Waals surface area contributed by atoms with Gasteiger partial charge in [0.2, 0.25) is 5.91 Å². The van der Waals surface area contributed by atoms with E-state index in [-0.39, 0.29) is 18.9 Å². The van der Waals surface area contributed by atoms with E-state index in [9.17, 15) is 30.3 Å². The molecule has 1 heterocycles. The van der Waals surface area contributed by atoms with Crippen molar-refractivity contribution in [1.29, 1.82) is 0 Å². The molecule has 7 unspecified atom stereocenters. The first-order valence-electron chi connectivity index (χ1n) is 21.5. The molecule has 7 atom stereocenters. The Kier molecular flexibility index (Phi) is 33.3. The highest BCUT2D eigenvalue weighted by Gasteiger charge is 2.44. The number of hydrogen-bond donors (Lipinski definition) is 6. The highest BCUT2D eigenvalue weighted by molar-refractivity contribution is 5.77. The van der Waals surface area contributed by atoms with Crippen molar-refractivity contribution in [2.75, 3.05) is 13.2 Å². The standard InChI is InChI=1S/C47H77NO8/c1-3-5-7-9-11-13-15-17-19-20-21-23-24-26-28-30-32-34-36-41(50)40(39-55-47-46(54)45(53)44(52)42(38-49)56-47)48-43(51)37-35-33-31-29-27-25-22-18-16-14-12-10-8-6-4-2/h6,8,12,14,18,20-22,26-29,33-36,40-42,44-47,49-50,52-54H,3-5,7,9-11,13,15-17,19,23-25,30-32,37-39H2,1-2H3,(H,48,51)/b8-6-,14-12-,21-20+,22-18-,28-26+,29-27-,35-33-,36-34+. The Bertz CT molecular complexity index is 1190. The van der Waals surface area contributed by atoms with Crippen molar-refractivity contribution in [2.45, 2.75) is 179 Å². The molecule has 0 saturated carbocycles. The van der Waals surface area contributed by atoms with Crippen LogP contribution in [0.3, 0.4) is 0 Å². The predicted molar refractivity (Wildman–Crippen MR) is 230 cm³/mol. The van der Waals surface area contributed by atoms with Crippen LogP contribution in [0.5, 0.6) is 0 Å². The maximum atomic E-state index is 12.9. The molecule has 0 spiro atoms. The summed E-state index contributed by atoms with van der Waals surface area (Å²) in [6.45, 7) is 3.54. The molecule has 1 fully saturated rings. The molecule has 9 heteroatoms. The van der Waals surface area contributed by atoms with Crippen molar-refractivity contribution >= 4 is 5.91 Å². The Morgan fingerprint density at radius 2 is 1.12 bits per heavy atom. The lowest BCUT2D eigenvalue weighted by molar-refractivity contribution is -0.302. The van der Waals surface area contributed by atoms with Gasteiger partial charge in [0.15, 0.2) is 6.29 Å². The number of aliphatic hydroxyl groups excluding tert-OH is 5. The molecule has 1 aliphatic rings. The average molecular weight is 784 g/mol. The van der Waals surface area contributed by atoms with Crippen LogP contribution in [0.4, 0.5) is 0 Å². The number of nitrogens with one attached hydrogen (secondary N) is 1.